The van der Waals surface area contributed by atoms with Crippen LogP contribution in [-0.4, -0.2) is 0 Å². The molecule has 3 heteroatoms. The summed E-state index contributed by atoms with van der Waals surface area (Å²) in [4.78, 5) is 0. The second kappa shape index (κ2) is 3.92. The second-order valence-electron chi connectivity index (χ2n) is 3.46. The van der Waals surface area contributed by atoms with Gasteiger partial charge in [0, 0.05) is 5.56 Å². The van der Waals surface area contributed by atoms with Crippen molar-refractivity contribution in [3.63, 3.8) is 0 Å². The molecule has 1 nitrogen and oxygen atoms in total. The molecule has 0 saturated carbocycles. The lowest BCUT2D eigenvalue weighted by atomic mass is 10.1. The Morgan fingerprint density at radius 3 is 2.27 bits per heavy atom. The fourth-order valence-electron chi connectivity index (χ4n) is 1.58. The normalized spacial score (nSPS) is 10.7. The van der Waals surface area contributed by atoms with Crippen LogP contribution >= 0.6 is 23.2 Å². The number of furan rings is 1. The van der Waals surface area contributed by atoms with Gasteiger partial charge in [-0.1, -0.05) is 29.3 Å². The van der Waals surface area contributed by atoms with Crippen LogP contribution in [0.2, 0.25) is 10.0 Å². The van der Waals surface area contributed by atoms with Crippen molar-refractivity contribution in [2.24, 2.45) is 0 Å². The first kappa shape index (κ1) is 10.6. The number of benzene rings is 1. The number of hydrogen-bond acceptors (Lipinski definition) is 1. The van der Waals surface area contributed by atoms with Crippen LogP contribution in [0.3, 0.4) is 0 Å². The first-order valence-corrected chi connectivity index (χ1v) is 5.36. The lowest BCUT2D eigenvalue weighted by molar-refractivity contribution is 0.505. The summed E-state index contributed by atoms with van der Waals surface area (Å²) < 4.78 is 5.46. The molecule has 1 aromatic carbocycles. The van der Waals surface area contributed by atoms with Crippen LogP contribution in [0.4, 0.5) is 0 Å². The topological polar surface area (TPSA) is 13.1 Å². The molecule has 0 bridgehead atoms. The molecule has 0 spiro atoms. The van der Waals surface area contributed by atoms with Crippen LogP contribution in [0, 0.1) is 13.8 Å². The SMILES string of the molecule is Cc1cc(-c2ccc(Cl)c(Cl)c2)c(C)o1. The Morgan fingerprint density at radius 2 is 1.73 bits per heavy atom. The molecule has 0 aliphatic rings. The first-order chi connectivity index (χ1) is 7.08. The van der Waals surface area contributed by atoms with Crippen LogP contribution in [0.25, 0.3) is 11.1 Å². The average Bonchev–Trinajstić information content (AvgIpc) is 2.50. The van der Waals surface area contributed by atoms with Gasteiger partial charge >= 0.3 is 0 Å². The van der Waals surface area contributed by atoms with E-state index >= 15 is 0 Å². The predicted molar refractivity (Wildman–Crippen MR) is 63.6 cm³/mol. The highest BCUT2D eigenvalue weighted by Gasteiger charge is 2.08. The maximum absolute atomic E-state index is 5.96. The lowest BCUT2D eigenvalue weighted by Gasteiger charge is -2.01. The summed E-state index contributed by atoms with van der Waals surface area (Å²) in [7, 11) is 0. The zero-order valence-corrected chi connectivity index (χ0v) is 9.99. The van der Waals surface area contributed by atoms with Crippen molar-refractivity contribution in [3.8, 4) is 11.1 Å². The summed E-state index contributed by atoms with van der Waals surface area (Å²) in [5, 5.41) is 1.13. The van der Waals surface area contributed by atoms with Gasteiger partial charge in [0.2, 0.25) is 0 Å². The molecular weight excluding hydrogens is 231 g/mol. The van der Waals surface area contributed by atoms with Crippen molar-refractivity contribution in [2.75, 3.05) is 0 Å². The highest BCUT2D eigenvalue weighted by molar-refractivity contribution is 6.42. The Bertz CT molecular complexity index is 500. The molecule has 0 fully saturated rings. The summed E-state index contributed by atoms with van der Waals surface area (Å²) in [6, 6.07) is 7.57. The van der Waals surface area contributed by atoms with Gasteiger partial charge < -0.3 is 4.42 Å². The maximum Gasteiger partial charge on any atom is 0.108 e. The van der Waals surface area contributed by atoms with Crippen molar-refractivity contribution in [1.29, 1.82) is 0 Å². The molecular formula is C12H10Cl2O. The summed E-state index contributed by atoms with van der Waals surface area (Å²) in [5.41, 5.74) is 2.09. The zero-order chi connectivity index (χ0) is 11.0. The molecule has 0 atom stereocenters. The Kier molecular flexibility index (Phi) is 2.76. The summed E-state index contributed by atoms with van der Waals surface area (Å²) >= 11 is 11.8. The third kappa shape index (κ3) is 2.04. The third-order valence-electron chi connectivity index (χ3n) is 2.27. The monoisotopic (exact) mass is 240 g/mol. The molecule has 0 aliphatic heterocycles. The number of halogens is 2. The molecule has 1 heterocycles. The zero-order valence-electron chi connectivity index (χ0n) is 8.47. The van der Waals surface area contributed by atoms with Gasteiger partial charge in [0.05, 0.1) is 10.0 Å². The molecule has 2 aromatic rings. The smallest absolute Gasteiger partial charge is 0.108 e. The maximum atomic E-state index is 5.96. The third-order valence-corrected chi connectivity index (χ3v) is 3.01. The van der Waals surface area contributed by atoms with E-state index < -0.39 is 0 Å². The van der Waals surface area contributed by atoms with E-state index in [0.717, 1.165) is 22.6 Å². The largest absolute Gasteiger partial charge is 0.466 e. The van der Waals surface area contributed by atoms with Gasteiger partial charge in [-0.2, -0.15) is 0 Å². The van der Waals surface area contributed by atoms with Crippen molar-refractivity contribution >= 4 is 23.2 Å². The van der Waals surface area contributed by atoms with Gasteiger partial charge in [0.1, 0.15) is 11.5 Å². The van der Waals surface area contributed by atoms with Crippen molar-refractivity contribution in [2.45, 2.75) is 13.8 Å². The fraction of sp³-hybridized carbons (Fsp3) is 0.167. The summed E-state index contributed by atoms with van der Waals surface area (Å²) in [6.07, 6.45) is 0. The number of rotatable bonds is 1. The Hall–Kier alpha value is -0.920. The van der Waals surface area contributed by atoms with Gasteiger partial charge in [-0.3, -0.25) is 0 Å². The van der Waals surface area contributed by atoms with E-state index in [0.29, 0.717) is 10.0 Å². The molecule has 15 heavy (non-hydrogen) atoms. The minimum atomic E-state index is 0.562. The number of hydrogen-bond donors (Lipinski definition) is 0. The minimum absolute atomic E-state index is 0.562. The Morgan fingerprint density at radius 1 is 1.00 bits per heavy atom. The van der Waals surface area contributed by atoms with E-state index in [1.165, 1.54) is 0 Å². The van der Waals surface area contributed by atoms with E-state index in [-0.39, 0.29) is 0 Å². The van der Waals surface area contributed by atoms with Crippen LogP contribution in [0.15, 0.2) is 28.7 Å². The van der Waals surface area contributed by atoms with Crippen LogP contribution in [0.5, 0.6) is 0 Å². The molecule has 0 unspecified atom stereocenters. The van der Waals surface area contributed by atoms with Gasteiger partial charge in [-0.05, 0) is 37.6 Å². The summed E-state index contributed by atoms with van der Waals surface area (Å²) in [5.74, 6) is 1.79. The molecule has 1 aromatic heterocycles. The molecule has 0 radical (unpaired) electrons. The quantitative estimate of drug-likeness (QED) is 0.694. The highest BCUT2D eigenvalue weighted by Crippen LogP contribution is 2.31. The van der Waals surface area contributed by atoms with Gasteiger partial charge in [-0.15, -0.1) is 0 Å². The molecule has 78 valence electrons. The predicted octanol–water partition coefficient (Wildman–Crippen LogP) is 4.87. The van der Waals surface area contributed by atoms with E-state index in [9.17, 15) is 0 Å². The van der Waals surface area contributed by atoms with Crippen molar-refractivity contribution < 1.29 is 4.42 Å². The minimum Gasteiger partial charge on any atom is -0.466 e. The highest BCUT2D eigenvalue weighted by atomic mass is 35.5. The molecule has 2 rings (SSSR count). The van der Waals surface area contributed by atoms with E-state index in [2.05, 4.69) is 0 Å². The fourth-order valence-corrected chi connectivity index (χ4v) is 1.88. The molecule has 0 aliphatic carbocycles. The Labute approximate surface area is 98.6 Å². The van der Waals surface area contributed by atoms with Crippen LogP contribution in [-0.2, 0) is 0 Å². The molecule has 0 amide bonds. The lowest BCUT2D eigenvalue weighted by Crippen LogP contribution is -1.78. The molecule has 0 N–H and O–H groups in total. The van der Waals surface area contributed by atoms with Crippen molar-refractivity contribution in [1.82, 2.24) is 0 Å². The van der Waals surface area contributed by atoms with Gasteiger partial charge in [0.25, 0.3) is 0 Å². The van der Waals surface area contributed by atoms with Gasteiger partial charge in [-0.25, -0.2) is 0 Å². The van der Waals surface area contributed by atoms with Crippen molar-refractivity contribution in [3.05, 3.63) is 45.8 Å². The van der Waals surface area contributed by atoms with Gasteiger partial charge in [0.15, 0.2) is 0 Å². The van der Waals surface area contributed by atoms with E-state index in [4.69, 9.17) is 27.6 Å². The molecule has 0 saturated heterocycles. The summed E-state index contributed by atoms with van der Waals surface area (Å²) in [6.45, 7) is 3.86. The van der Waals surface area contributed by atoms with Crippen LogP contribution < -0.4 is 0 Å². The second-order valence-corrected chi connectivity index (χ2v) is 4.27. The van der Waals surface area contributed by atoms with Crippen LogP contribution in [0.1, 0.15) is 11.5 Å². The first-order valence-electron chi connectivity index (χ1n) is 4.60. The van der Waals surface area contributed by atoms with E-state index in [1.807, 2.05) is 32.0 Å². The average molecular weight is 241 g/mol. The standard InChI is InChI=1S/C12H10Cl2O/c1-7-5-10(8(2)15-7)9-3-4-11(13)12(14)6-9/h3-6H,1-2H3. The van der Waals surface area contributed by atoms with E-state index in [1.54, 1.807) is 6.07 Å². The number of aryl methyl sites for hydroxylation is 2. The Balaban J connectivity index is 2.54.